The number of amides is 2. The third-order valence-electron chi connectivity index (χ3n) is 12.0. The van der Waals surface area contributed by atoms with Crippen molar-refractivity contribution in [3.63, 3.8) is 0 Å². The lowest BCUT2D eigenvalue weighted by Crippen LogP contribution is -2.54. The second-order valence-corrected chi connectivity index (χ2v) is 16.4. The van der Waals surface area contributed by atoms with Gasteiger partial charge in [-0.25, -0.2) is 9.18 Å². The molecule has 3 N–H and O–H groups in total. The van der Waals surface area contributed by atoms with E-state index in [4.69, 9.17) is 16.3 Å². The zero-order chi connectivity index (χ0) is 42.5. The number of aliphatic hydroxyl groups is 2. The fourth-order valence-electron chi connectivity index (χ4n) is 8.61. The summed E-state index contributed by atoms with van der Waals surface area (Å²) in [7, 11) is 1.52. The van der Waals surface area contributed by atoms with E-state index in [1.54, 1.807) is 30.3 Å². The summed E-state index contributed by atoms with van der Waals surface area (Å²) in [5.41, 5.74) is 1.42. The maximum Gasteiger partial charge on any atom is 0.573 e. The maximum atomic E-state index is 15.0. The Kier molecular flexibility index (Phi) is 13.4. The predicted molar refractivity (Wildman–Crippen MR) is 218 cm³/mol. The number of alkyl halides is 3. The Labute approximate surface area is 346 Å². The Balaban J connectivity index is 1.39. The SMILES string of the molecule is COc1ccc(NC(=O)N(Cc2ccc(OC(F)(F)F)cc2)C[C@]2(O)CC[C@H]3c4ccc(cc4C(=O)Cc4c(F)cccc4Cl)C[C@@H](O)CCC(C)=CCC[C@@]32C)cc1. The normalized spacial score (nSPS) is 22.2. The number of carbonyl (C=O) groups is 2. The number of carbonyl (C=O) groups excluding carboxylic acids is 2. The molecular formula is C46H49ClF4N2O6. The first-order chi connectivity index (χ1) is 28.0. The lowest BCUT2D eigenvalue weighted by Gasteiger charge is -2.46. The minimum atomic E-state index is -4.87. The third kappa shape index (κ3) is 10.5. The number of rotatable bonds is 10. The summed E-state index contributed by atoms with van der Waals surface area (Å²) < 4.78 is 63.2. The van der Waals surface area contributed by atoms with Gasteiger partial charge in [0.2, 0.25) is 0 Å². The topological polar surface area (TPSA) is 108 Å². The number of allylic oxidation sites excluding steroid dienone is 2. The molecule has 7 rings (SSSR count). The van der Waals surface area contributed by atoms with E-state index in [2.05, 4.69) is 16.1 Å². The van der Waals surface area contributed by atoms with Gasteiger partial charge in [0.25, 0.3) is 0 Å². The molecule has 1 fully saturated rings. The van der Waals surface area contributed by atoms with Crippen molar-refractivity contribution < 1.29 is 46.8 Å². The molecule has 8 nitrogen and oxygen atoms in total. The number of urea groups is 1. The number of Topliss-reactive ketones (excluding diaryl/α,β-unsaturated/α-hetero) is 1. The van der Waals surface area contributed by atoms with Crippen molar-refractivity contribution in [1.82, 2.24) is 4.90 Å². The quantitative estimate of drug-likeness (QED) is 0.0834. The largest absolute Gasteiger partial charge is 0.573 e. The van der Waals surface area contributed by atoms with Crippen molar-refractivity contribution in [2.24, 2.45) is 5.41 Å². The van der Waals surface area contributed by atoms with Crippen molar-refractivity contribution in [2.75, 3.05) is 19.0 Å². The molecule has 0 spiro atoms. The molecule has 4 atom stereocenters. The average Bonchev–Trinajstić information content (AvgIpc) is 3.44. The highest BCUT2D eigenvalue weighted by Crippen LogP contribution is 2.59. The Morgan fingerprint density at radius 3 is 2.37 bits per heavy atom. The van der Waals surface area contributed by atoms with Crippen LogP contribution in [0.2, 0.25) is 5.02 Å². The Morgan fingerprint density at radius 1 is 0.983 bits per heavy atom. The van der Waals surface area contributed by atoms with Crippen LogP contribution in [0.15, 0.2) is 96.6 Å². The average molecular weight is 837 g/mol. The van der Waals surface area contributed by atoms with Gasteiger partial charge in [-0.05, 0) is 129 Å². The molecule has 1 saturated carbocycles. The highest BCUT2D eigenvalue weighted by Gasteiger charge is 2.57. The summed E-state index contributed by atoms with van der Waals surface area (Å²) in [5.74, 6) is -1.19. The molecule has 2 amide bonds. The van der Waals surface area contributed by atoms with E-state index < -0.39 is 47.0 Å². The molecule has 3 aliphatic carbocycles. The van der Waals surface area contributed by atoms with Gasteiger partial charge < -0.3 is 29.9 Å². The van der Waals surface area contributed by atoms with E-state index in [0.717, 1.165) is 11.1 Å². The van der Waals surface area contributed by atoms with Crippen molar-refractivity contribution in [3.05, 3.63) is 135 Å². The highest BCUT2D eigenvalue weighted by atomic mass is 35.5. The van der Waals surface area contributed by atoms with E-state index in [1.807, 2.05) is 26.0 Å². The minimum absolute atomic E-state index is 0.0689. The lowest BCUT2D eigenvalue weighted by atomic mass is 9.64. The fraction of sp³-hybridized carbons (Fsp3) is 0.391. The van der Waals surface area contributed by atoms with Gasteiger partial charge in [-0.2, -0.15) is 0 Å². The number of ether oxygens (including phenoxy) is 2. The molecule has 0 radical (unpaired) electrons. The number of anilines is 1. The zero-order valence-corrected chi connectivity index (χ0v) is 34.0. The summed E-state index contributed by atoms with van der Waals surface area (Å²) in [5, 5.41) is 27.0. The summed E-state index contributed by atoms with van der Waals surface area (Å²) in [4.78, 5) is 30.0. The van der Waals surface area contributed by atoms with Crippen LogP contribution < -0.4 is 14.8 Å². The molecule has 0 unspecified atom stereocenters. The van der Waals surface area contributed by atoms with Crippen LogP contribution in [0.25, 0.3) is 0 Å². The number of hydrogen-bond acceptors (Lipinski definition) is 6. The van der Waals surface area contributed by atoms with Gasteiger partial charge in [0.05, 0.1) is 25.4 Å². The van der Waals surface area contributed by atoms with Gasteiger partial charge in [0.15, 0.2) is 5.78 Å². The Morgan fingerprint density at radius 2 is 1.69 bits per heavy atom. The molecule has 314 valence electrons. The molecule has 0 aliphatic heterocycles. The molecule has 0 heterocycles. The van der Waals surface area contributed by atoms with Crippen LogP contribution in [0, 0.1) is 11.2 Å². The first kappa shape index (κ1) is 43.7. The van der Waals surface area contributed by atoms with Crippen LogP contribution in [0.5, 0.6) is 11.5 Å². The highest BCUT2D eigenvalue weighted by molar-refractivity contribution is 6.31. The van der Waals surface area contributed by atoms with Gasteiger partial charge in [-0.3, -0.25) is 4.79 Å². The van der Waals surface area contributed by atoms with Crippen molar-refractivity contribution in [2.45, 2.75) is 95.7 Å². The fourth-order valence-corrected chi connectivity index (χ4v) is 8.84. The summed E-state index contributed by atoms with van der Waals surface area (Å²) >= 11 is 6.38. The predicted octanol–water partition coefficient (Wildman–Crippen LogP) is 10.6. The number of nitrogens with one attached hydrogen (secondary N) is 1. The number of methoxy groups -OCH3 is 1. The number of nitrogens with zero attached hydrogens (tertiary/aromatic N) is 1. The van der Waals surface area contributed by atoms with Crippen molar-refractivity contribution in [1.29, 1.82) is 0 Å². The molecule has 59 heavy (non-hydrogen) atoms. The maximum absolute atomic E-state index is 15.0. The van der Waals surface area contributed by atoms with Crippen LogP contribution in [0.1, 0.15) is 90.9 Å². The Bertz CT molecular complexity index is 2140. The van der Waals surface area contributed by atoms with Gasteiger partial charge in [0, 0.05) is 40.2 Å². The smallest absolute Gasteiger partial charge is 0.497 e. The van der Waals surface area contributed by atoms with Crippen molar-refractivity contribution >= 4 is 29.1 Å². The number of benzene rings is 4. The molecule has 4 aromatic rings. The number of aliphatic hydroxyl groups excluding tert-OH is 1. The van der Waals surface area contributed by atoms with Gasteiger partial charge in [0.1, 0.15) is 17.3 Å². The lowest BCUT2D eigenvalue weighted by molar-refractivity contribution is -0.274. The van der Waals surface area contributed by atoms with E-state index >= 15 is 4.39 Å². The first-order valence-electron chi connectivity index (χ1n) is 19.7. The second-order valence-electron chi connectivity index (χ2n) is 16.0. The summed E-state index contributed by atoms with van der Waals surface area (Å²) in [6.07, 6.45) is -0.564. The number of hydrogen-bond donors (Lipinski definition) is 3. The molecule has 13 heteroatoms. The second kappa shape index (κ2) is 18.1. The van der Waals surface area contributed by atoms with Gasteiger partial charge in [-0.15, -0.1) is 13.2 Å². The third-order valence-corrected chi connectivity index (χ3v) is 12.3. The molecular weight excluding hydrogens is 788 g/mol. The number of halogens is 5. The Hall–Kier alpha value is -4.91. The van der Waals surface area contributed by atoms with Crippen molar-refractivity contribution in [3.8, 4) is 11.5 Å². The molecule has 0 aromatic heterocycles. The van der Waals surface area contributed by atoms with Crippen LogP contribution in [-0.4, -0.2) is 58.6 Å². The summed E-state index contributed by atoms with van der Waals surface area (Å²) in [6.45, 7) is 3.75. The first-order valence-corrected chi connectivity index (χ1v) is 20.0. The minimum Gasteiger partial charge on any atom is -0.497 e. The van der Waals surface area contributed by atoms with Crippen LogP contribution >= 0.6 is 11.6 Å². The standard InChI is InChI=1S/C46H49ClF4N2O6/c1-29-6-5-22-44(2)39(36-20-12-31(24-33(54)15-9-29)25-37(36)42(55)26-38-40(47)7-4-8-41(38)48)21-23-45(44,57)28-53(43(56)52-32-13-18-34(58-3)19-14-32)27-30-10-16-35(17-11-30)59-46(49,50)51/h4,6-8,10-14,16-20,25,33,39,54,57H,5,9,15,21-24,26-28H2,1-3H3,(H,52,56)/t33-,39-,44-,45+/m0/s1. The van der Waals surface area contributed by atoms with Crippen LogP contribution in [0.3, 0.4) is 0 Å². The monoisotopic (exact) mass is 836 g/mol. The van der Waals surface area contributed by atoms with Crippen LogP contribution in [-0.2, 0) is 19.4 Å². The van der Waals surface area contributed by atoms with Gasteiger partial charge in [-0.1, -0.05) is 60.5 Å². The molecule has 4 aromatic carbocycles. The van der Waals surface area contributed by atoms with E-state index in [0.29, 0.717) is 66.7 Å². The number of ketones is 1. The van der Waals surface area contributed by atoms with Crippen LogP contribution in [0.4, 0.5) is 28.0 Å². The van der Waals surface area contributed by atoms with Gasteiger partial charge >= 0.3 is 12.4 Å². The molecule has 0 saturated heterocycles. The zero-order valence-electron chi connectivity index (χ0n) is 33.3. The van der Waals surface area contributed by atoms with E-state index in [1.165, 1.54) is 54.5 Å². The van der Waals surface area contributed by atoms with E-state index in [-0.39, 0.29) is 42.3 Å². The summed E-state index contributed by atoms with van der Waals surface area (Å²) in [6, 6.07) is 21.2. The number of fused-ring (bicyclic) bond motifs is 8. The molecule has 3 aliphatic rings. The van der Waals surface area contributed by atoms with E-state index in [9.17, 15) is 33.0 Å². The molecule has 2 bridgehead atoms.